The van der Waals surface area contributed by atoms with Gasteiger partial charge in [-0.05, 0) is 57.5 Å². The molecule has 0 bridgehead atoms. The monoisotopic (exact) mass is 497 g/mol. The molecule has 154 valence electrons. The van der Waals surface area contributed by atoms with E-state index < -0.39 is 0 Å². The molecule has 2 aromatic heterocycles. The first-order valence-electron chi connectivity index (χ1n) is 9.78. The summed E-state index contributed by atoms with van der Waals surface area (Å²) in [6, 6.07) is 6.74. The topological polar surface area (TPSA) is 70.4 Å². The molecule has 1 saturated heterocycles. The Labute approximate surface area is 185 Å². The summed E-state index contributed by atoms with van der Waals surface area (Å²) in [7, 11) is 1.81. The SMILES string of the molecule is CCN1CCCC1CNC(=NC)NCc1ccc(-n2nc(C)cc2C)nc1.I. The number of pyridine rings is 1. The molecule has 0 aliphatic carbocycles. The number of rotatable bonds is 6. The van der Waals surface area contributed by atoms with Gasteiger partial charge in [0.2, 0.25) is 0 Å². The van der Waals surface area contributed by atoms with Gasteiger partial charge in [-0.15, -0.1) is 24.0 Å². The number of hydrogen-bond acceptors (Lipinski definition) is 4. The van der Waals surface area contributed by atoms with Gasteiger partial charge in [0.15, 0.2) is 11.8 Å². The van der Waals surface area contributed by atoms with Crippen molar-refractivity contribution in [3.63, 3.8) is 0 Å². The largest absolute Gasteiger partial charge is 0.355 e. The van der Waals surface area contributed by atoms with Crippen LogP contribution in [0, 0.1) is 13.8 Å². The van der Waals surface area contributed by atoms with Crippen molar-refractivity contribution >= 4 is 29.9 Å². The lowest BCUT2D eigenvalue weighted by atomic mass is 10.2. The van der Waals surface area contributed by atoms with Crippen LogP contribution in [0.5, 0.6) is 0 Å². The lowest BCUT2D eigenvalue weighted by Crippen LogP contribution is -2.44. The molecule has 1 unspecified atom stereocenters. The molecule has 1 aliphatic rings. The van der Waals surface area contributed by atoms with E-state index in [-0.39, 0.29) is 24.0 Å². The van der Waals surface area contributed by atoms with Crippen LogP contribution in [0.4, 0.5) is 0 Å². The van der Waals surface area contributed by atoms with Crippen molar-refractivity contribution in [3.8, 4) is 5.82 Å². The van der Waals surface area contributed by atoms with Crippen molar-refractivity contribution in [1.82, 2.24) is 30.3 Å². The maximum Gasteiger partial charge on any atom is 0.191 e. The van der Waals surface area contributed by atoms with Gasteiger partial charge in [-0.1, -0.05) is 13.0 Å². The molecule has 1 fully saturated rings. The fourth-order valence-corrected chi connectivity index (χ4v) is 3.67. The highest BCUT2D eigenvalue weighted by atomic mass is 127. The van der Waals surface area contributed by atoms with Crippen LogP contribution in [-0.2, 0) is 6.54 Å². The molecule has 8 heteroatoms. The van der Waals surface area contributed by atoms with Crippen LogP contribution in [-0.4, -0.2) is 58.3 Å². The van der Waals surface area contributed by atoms with Crippen LogP contribution >= 0.6 is 24.0 Å². The summed E-state index contributed by atoms with van der Waals surface area (Å²) in [5.41, 5.74) is 3.20. The second-order valence-electron chi connectivity index (χ2n) is 7.09. The van der Waals surface area contributed by atoms with Crippen LogP contribution in [0.15, 0.2) is 29.4 Å². The summed E-state index contributed by atoms with van der Waals surface area (Å²) in [6.45, 7) is 10.2. The molecule has 2 N–H and O–H groups in total. The van der Waals surface area contributed by atoms with E-state index in [1.807, 2.05) is 37.8 Å². The average molecular weight is 497 g/mol. The van der Waals surface area contributed by atoms with E-state index in [2.05, 4.69) is 49.7 Å². The maximum absolute atomic E-state index is 4.55. The zero-order valence-corrected chi connectivity index (χ0v) is 19.6. The molecule has 2 aromatic rings. The minimum Gasteiger partial charge on any atom is -0.355 e. The number of aliphatic imine (C=N–C) groups is 1. The normalized spacial score (nSPS) is 17.4. The molecular formula is C20H32IN7. The van der Waals surface area contributed by atoms with Gasteiger partial charge in [0.1, 0.15) is 0 Å². The van der Waals surface area contributed by atoms with E-state index in [0.29, 0.717) is 12.6 Å². The van der Waals surface area contributed by atoms with Crippen molar-refractivity contribution in [3.05, 3.63) is 41.3 Å². The van der Waals surface area contributed by atoms with E-state index in [4.69, 9.17) is 0 Å². The quantitative estimate of drug-likeness (QED) is 0.365. The third-order valence-corrected chi connectivity index (χ3v) is 5.13. The molecule has 28 heavy (non-hydrogen) atoms. The van der Waals surface area contributed by atoms with E-state index in [9.17, 15) is 0 Å². The molecule has 0 radical (unpaired) electrons. The molecular weight excluding hydrogens is 465 g/mol. The Kier molecular flexibility index (Phi) is 8.68. The summed E-state index contributed by atoms with van der Waals surface area (Å²) in [4.78, 5) is 11.4. The minimum atomic E-state index is 0. The summed E-state index contributed by atoms with van der Waals surface area (Å²) < 4.78 is 1.87. The molecule has 1 aliphatic heterocycles. The van der Waals surface area contributed by atoms with E-state index >= 15 is 0 Å². The van der Waals surface area contributed by atoms with E-state index in [1.165, 1.54) is 19.4 Å². The zero-order chi connectivity index (χ0) is 19.2. The molecule has 3 heterocycles. The Balaban J connectivity index is 0.00000280. The van der Waals surface area contributed by atoms with Crippen LogP contribution in [0.2, 0.25) is 0 Å². The van der Waals surface area contributed by atoms with Gasteiger partial charge in [0.25, 0.3) is 0 Å². The van der Waals surface area contributed by atoms with Crippen LogP contribution in [0.1, 0.15) is 36.7 Å². The highest BCUT2D eigenvalue weighted by Crippen LogP contribution is 2.15. The zero-order valence-electron chi connectivity index (χ0n) is 17.3. The second kappa shape index (κ2) is 10.8. The highest BCUT2D eigenvalue weighted by Gasteiger charge is 2.22. The van der Waals surface area contributed by atoms with Crippen LogP contribution < -0.4 is 10.6 Å². The lowest BCUT2D eigenvalue weighted by molar-refractivity contribution is 0.267. The highest BCUT2D eigenvalue weighted by molar-refractivity contribution is 14.0. The number of nitrogens with zero attached hydrogens (tertiary/aromatic N) is 5. The van der Waals surface area contributed by atoms with Crippen LogP contribution in [0.3, 0.4) is 0 Å². The van der Waals surface area contributed by atoms with Crippen molar-refractivity contribution in [2.24, 2.45) is 4.99 Å². The summed E-state index contributed by atoms with van der Waals surface area (Å²) in [5.74, 6) is 1.67. The number of halogens is 1. The van der Waals surface area contributed by atoms with E-state index in [1.54, 1.807) is 0 Å². The number of nitrogens with one attached hydrogen (secondary N) is 2. The van der Waals surface area contributed by atoms with Crippen molar-refractivity contribution in [1.29, 1.82) is 0 Å². The lowest BCUT2D eigenvalue weighted by Gasteiger charge is -2.24. The summed E-state index contributed by atoms with van der Waals surface area (Å²) in [6.07, 6.45) is 4.44. The number of aryl methyl sites for hydroxylation is 2. The maximum atomic E-state index is 4.55. The number of likely N-dealkylation sites (tertiary alicyclic amines) is 1. The van der Waals surface area contributed by atoms with Crippen molar-refractivity contribution in [2.45, 2.75) is 46.2 Å². The number of guanidine groups is 1. The molecule has 0 aromatic carbocycles. The smallest absolute Gasteiger partial charge is 0.191 e. The number of aromatic nitrogens is 3. The summed E-state index contributed by atoms with van der Waals surface area (Å²) >= 11 is 0. The molecule has 7 nitrogen and oxygen atoms in total. The van der Waals surface area contributed by atoms with Gasteiger partial charge < -0.3 is 10.6 Å². The first-order chi connectivity index (χ1) is 13.1. The van der Waals surface area contributed by atoms with Gasteiger partial charge >= 0.3 is 0 Å². The summed E-state index contributed by atoms with van der Waals surface area (Å²) in [5, 5.41) is 11.3. The van der Waals surface area contributed by atoms with Crippen LogP contribution in [0.25, 0.3) is 5.82 Å². The predicted molar refractivity (Wildman–Crippen MR) is 125 cm³/mol. The fraction of sp³-hybridized carbons (Fsp3) is 0.550. The first kappa shape index (κ1) is 22.6. The standard InChI is InChI=1S/C20H31N7.HI/c1-5-26-10-6-7-18(26)14-24-20(21-4)23-13-17-8-9-19(22-12-17)27-16(3)11-15(2)25-27;/h8-9,11-12,18H,5-7,10,13-14H2,1-4H3,(H2,21,23,24);1H. The average Bonchev–Trinajstić information content (AvgIpc) is 3.27. The molecule has 0 amide bonds. The van der Waals surface area contributed by atoms with Gasteiger partial charge in [-0.3, -0.25) is 9.89 Å². The third kappa shape index (κ3) is 5.66. The Morgan fingerprint density at radius 1 is 1.29 bits per heavy atom. The Bertz CT molecular complexity index is 769. The molecule has 0 saturated carbocycles. The number of hydrogen-bond donors (Lipinski definition) is 2. The predicted octanol–water partition coefficient (Wildman–Crippen LogP) is 2.65. The van der Waals surface area contributed by atoms with Gasteiger partial charge in [-0.2, -0.15) is 5.10 Å². The first-order valence-corrected chi connectivity index (χ1v) is 9.78. The second-order valence-corrected chi connectivity index (χ2v) is 7.09. The molecule has 3 rings (SSSR count). The minimum absolute atomic E-state index is 0. The van der Waals surface area contributed by atoms with Crippen molar-refractivity contribution in [2.75, 3.05) is 26.7 Å². The Morgan fingerprint density at radius 2 is 2.11 bits per heavy atom. The van der Waals surface area contributed by atoms with E-state index in [0.717, 1.165) is 41.8 Å². The molecule has 1 atom stereocenters. The molecule has 0 spiro atoms. The van der Waals surface area contributed by atoms with Crippen molar-refractivity contribution < 1.29 is 0 Å². The third-order valence-electron chi connectivity index (χ3n) is 5.13. The van der Waals surface area contributed by atoms with Gasteiger partial charge in [0, 0.05) is 38.1 Å². The number of likely N-dealkylation sites (N-methyl/N-ethyl adjacent to an activating group) is 1. The van der Waals surface area contributed by atoms with Gasteiger partial charge in [0.05, 0.1) is 5.69 Å². The van der Waals surface area contributed by atoms with Gasteiger partial charge in [-0.25, -0.2) is 9.67 Å². The Hall–Kier alpha value is -1.68. The fourth-order valence-electron chi connectivity index (χ4n) is 3.67. The Morgan fingerprint density at radius 3 is 2.71 bits per heavy atom.